The van der Waals surface area contributed by atoms with Gasteiger partial charge < -0.3 is 20.1 Å². The lowest BCUT2D eigenvalue weighted by Gasteiger charge is -2.15. The van der Waals surface area contributed by atoms with Gasteiger partial charge in [0.2, 0.25) is 0 Å². The van der Waals surface area contributed by atoms with Crippen molar-refractivity contribution in [3.63, 3.8) is 0 Å². The minimum absolute atomic E-state index is 0.560. The molecule has 0 aliphatic rings. The number of hydrogen-bond acceptors (Lipinski definition) is 4. The van der Waals surface area contributed by atoms with Crippen LogP contribution >= 0.6 is 11.8 Å². The Hall–Kier alpha value is -1.56. The first-order valence-electron chi connectivity index (χ1n) is 7.32. The molecule has 1 rings (SSSR count). The van der Waals surface area contributed by atoms with Gasteiger partial charge >= 0.3 is 0 Å². The molecule has 1 unspecified atom stereocenters. The molecule has 0 fully saturated rings. The van der Waals surface area contributed by atoms with Crippen molar-refractivity contribution in [2.24, 2.45) is 4.99 Å². The summed E-state index contributed by atoms with van der Waals surface area (Å²) in [5, 5.41) is 7.20. The molecule has 0 spiro atoms. The van der Waals surface area contributed by atoms with Gasteiger partial charge in [0.25, 0.3) is 0 Å². The van der Waals surface area contributed by atoms with Crippen LogP contribution in [0.2, 0.25) is 0 Å². The van der Waals surface area contributed by atoms with Gasteiger partial charge in [0, 0.05) is 25.4 Å². The summed E-state index contributed by atoms with van der Waals surface area (Å²) in [5.74, 6) is 2.35. The molecule has 0 aliphatic heterocycles. The fraction of sp³-hybridized carbons (Fsp3) is 0.562. The van der Waals surface area contributed by atoms with Crippen LogP contribution in [0.5, 0.6) is 11.5 Å². The predicted molar refractivity (Wildman–Crippen MR) is 95.6 cm³/mol. The van der Waals surface area contributed by atoms with E-state index in [0.717, 1.165) is 37.0 Å². The molecule has 5 nitrogen and oxygen atoms in total. The number of nitrogens with one attached hydrogen (secondary N) is 2. The summed E-state index contributed by atoms with van der Waals surface area (Å²) in [7, 11) is 5.08. The van der Waals surface area contributed by atoms with Crippen molar-refractivity contribution in [1.29, 1.82) is 0 Å². The van der Waals surface area contributed by atoms with Gasteiger partial charge in [0.1, 0.15) is 0 Å². The van der Waals surface area contributed by atoms with Crippen molar-refractivity contribution < 1.29 is 9.47 Å². The zero-order valence-electron chi connectivity index (χ0n) is 14.1. The van der Waals surface area contributed by atoms with Gasteiger partial charge in [-0.1, -0.05) is 13.0 Å². The molecule has 1 aromatic rings. The van der Waals surface area contributed by atoms with Crippen molar-refractivity contribution in [2.75, 3.05) is 40.6 Å². The summed E-state index contributed by atoms with van der Waals surface area (Å²) in [6.07, 6.45) is 3.00. The monoisotopic (exact) mass is 325 g/mol. The molecule has 1 atom stereocenters. The molecule has 22 heavy (non-hydrogen) atoms. The molecule has 0 saturated carbocycles. The lowest BCUT2D eigenvalue weighted by Crippen LogP contribution is -2.40. The van der Waals surface area contributed by atoms with Gasteiger partial charge in [-0.25, -0.2) is 0 Å². The number of hydrogen-bond donors (Lipinski definition) is 2. The maximum atomic E-state index is 5.32. The first kappa shape index (κ1) is 18.5. The topological polar surface area (TPSA) is 54.9 Å². The lowest BCUT2D eigenvalue weighted by molar-refractivity contribution is 0.354. The highest BCUT2D eigenvalue weighted by atomic mass is 32.2. The zero-order valence-corrected chi connectivity index (χ0v) is 14.9. The molecule has 0 amide bonds. The second-order valence-electron chi connectivity index (χ2n) is 4.87. The molecule has 0 aromatic heterocycles. The van der Waals surface area contributed by atoms with E-state index in [-0.39, 0.29) is 0 Å². The summed E-state index contributed by atoms with van der Waals surface area (Å²) in [6, 6.07) is 5.99. The molecule has 0 saturated heterocycles. The third kappa shape index (κ3) is 6.05. The van der Waals surface area contributed by atoms with Crippen LogP contribution in [0.1, 0.15) is 12.5 Å². The quantitative estimate of drug-likeness (QED) is 0.567. The lowest BCUT2D eigenvalue weighted by atomic mass is 10.1. The third-order valence-electron chi connectivity index (χ3n) is 3.34. The Bertz CT molecular complexity index is 480. The van der Waals surface area contributed by atoms with Crippen LogP contribution in [0.15, 0.2) is 23.2 Å². The zero-order chi connectivity index (χ0) is 16.4. The highest BCUT2D eigenvalue weighted by molar-refractivity contribution is 7.99. The van der Waals surface area contributed by atoms with E-state index < -0.39 is 0 Å². The third-order valence-corrected chi connectivity index (χ3v) is 4.31. The molecule has 0 bridgehead atoms. The number of aliphatic imine (C=N–C) groups is 1. The van der Waals surface area contributed by atoms with Crippen LogP contribution in [0, 0.1) is 0 Å². The summed E-state index contributed by atoms with van der Waals surface area (Å²) in [5.41, 5.74) is 1.19. The van der Waals surface area contributed by atoms with Crippen LogP contribution in [0.4, 0.5) is 0 Å². The standard InChI is InChI=1S/C16H27N3O2S/c1-12(22-5)11-19-16(17-2)18-9-8-13-6-7-14(20-3)15(10-13)21-4/h6-7,10,12H,8-9,11H2,1-5H3,(H2,17,18,19). The minimum atomic E-state index is 0.560. The van der Waals surface area contributed by atoms with Gasteiger partial charge in [-0.15, -0.1) is 0 Å². The summed E-state index contributed by atoms with van der Waals surface area (Å²) in [6.45, 7) is 3.90. The van der Waals surface area contributed by atoms with E-state index >= 15 is 0 Å². The molecular formula is C16H27N3O2S. The van der Waals surface area contributed by atoms with Crippen LogP contribution in [0.3, 0.4) is 0 Å². The van der Waals surface area contributed by atoms with Gasteiger partial charge in [0.15, 0.2) is 17.5 Å². The number of thioether (sulfide) groups is 1. The van der Waals surface area contributed by atoms with Crippen LogP contribution < -0.4 is 20.1 Å². The van der Waals surface area contributed by atoms with Gasteiger partial charge in [0.05, 0.1) is 14.2 Å². The van der Waals surface area contributed by atoms with E-state index in [2.05, 4.69) is 34.9 Å². The van der Waals surface area contributed by atoms with Gasteiger partial charge in [-0.05, 0) is 30.4 Å². The average Bonchev–Trinajstić information content (AvgIpc) is 2.57. The summed E-state index contributed by atoms with van der Waals surface area (Å²) >= 11 is 1.83. The molecule has 1 aromatic carbocycles. The Balaban J connectivity index is 2.45. The van der Waals surface area contributed by atoms with Crippen molar-refractivity contribution in [1.82, 2.24) is 10.6 Å². The Kier molecular flexibility index (Phi) is 8.58. The van der Waals surface area contributed by atoms with Crippen LogP contribution in [-0.4, -0.2) is 51.8 Å². The highest BCUT2D eigenvalue weighted by Gasteiger charge is 2.05. The van der Waals surface area contributed by atoms with Gasteiger partial charge in [-0.2, -0.15) is 11.8 Å². The minimum Gasteiger partial charge on any atom is -0.493 e. The van der Waals surface area contributed by atoms with E-state index in [4.69, 9.17) is 9.47 Å². The SMILES string of the molecule is CN=C(NCCc1ccc(OC)c(OC)c1)NCC(C)SC. The number of methoxy groups -OCH3 is 2. The Labute approximate surface area is 137 Å². The Morgan fingerprint density at radius 2 is 1.95 bits per heavy atom. The van der Waals surface area contributed by atoms with E-state index in [9.17, 15) is 0 Å². The molecule has 6 heteroatoms. The summed E-state index contributed by atoms with van der Waals surface area (Å²) < 4.78 is 10.6. The first-order chi connectivity index (χ1) is 10.6. The fourth-order valence-electron chi connectivity index (χ4n) is 1.91. The van der Waals surface area contributed by atoms with Crippen molar-refractivity contribution in [3.05, 3.63) is 23.8 Å². The van der Waals surface area contributed by atoms with Crippen LogP contribution in [-0.2, 0) is 6.42 Å². The number of rotatable bonds is 8. The predicted octanol–water partition coefficient (Wildman–Crippen LogP) is 2.16. The van der Waals surface area contributed by atoms with E-state index in [1.165, 1.54) is 5.56 Å². The molecule has 2 N–H and O–H groups in total. The molecule has 0 aliphatic carbocycles. The second kappa shape index (κ2) is 10.2. The Morgan fingerprint density at radius 1 is 1.23 bits per heavy atom. The van der Waals surface area contributed by atoms with Gasteiger partial charge in [-0.3, -0.25) is 4.99 Å². The van der Waals surface area contributed by atoms with E-state index in [1.807, 2.05) is 23.9 Å². The number of nitrogens with zero attached hydrogens (tertiary/aromatic N) is 1. The second-order valence-corrected chi connectivity index (χ2v) is 6.14. The molecular weight excluding hydrogens is 298 g/mol. The number of benzene rings is 1. The number of ether oxygens (including phenoxy) is 2. The first-order valence-corrected chi connectivity index (χ1v) is 8.61. The van der Waals surface area contributed by atoms with Crippen LogP contribution in [0.25, 0.3) is 0 Å². The largest absolute Gasteiger partial charge is 0.493 e. The highest BCUT2D eigenvalue weighted by Crippen LogP contribution is 2.27. The maximum absolute atomic E-state index is 5.32. The normalized spacial score (nSPS) is 12.7. The fourth-order valence-corrected chi connectivity index (χ4v) is 2.16. The number of guanidine groups is 1. The maximum Gasteiger partial charge on any atom is 0.191 e. The van der Waals surface area contributed by atoms with E-state index in [0.29, 0.717) is 5.25 Å². The summed E-state index contributed by atoms with van der Waals surface area (Å²) in [4.78, 5) is 4.23. The smallest absolute Gasteiger partial charge is 0.191 e. The van der Waals surface area contributed by atoms with Crippen molar-refractivity contribution >= 4 is 17.7 Å². The molecule has 124 valence electrons. The molecule has 0 radical (unpaired) electrons. The van der Waals surface area contributed by atoms with E-state index in [1.54, 1.807) is 21.3 Å². The average molecular weight is 325 g/mol. The Morgan fingerprint density at radius 3 is 2.55 bits per heavy atom. The van der Waals surface area contributed by atoms with Crippen molar-refractivity contribution in [3.8, 4) is 11.5 Å². The van der Waals surface area contributed by atoms with Crippen molar-refractivity contribution in [2.45, 2.75) is 18.6 Å². The molecule has 0 heterocycles.